The highest BCUT2D eigenvalue weighted by molar-refractivity contribution is 6.26. The first-order chi connectivity index (χ1) is 30.7. The number of aromatic nitrogens is 3. The molecule has 0 saturated carbocycles. The molecule has 0 unspecified atom stereocenters. The van der Waals surface area contributed by atoms with Crippen molar-refractivity contribution in [2.45, 2.75) is 0 Å². The van der Waals surface area contributed by atoms with Crippen LogP contribution in [-0.4, -0.2) is 14.1 Å². The first-order valence-electron chi connectivity index (χ1n) is 21.3. The highest BCUT2D eigenvalue weighted by Crippen LogP contribution is 2.41. The third kappa shape index (κ3) is 5.28. The van der Waals surface area contributed by atoms with Gasteiger partial charge in [-0.3, -0.25) is 4.98 Å². The molecule has 3 heteroatoms. The van der Waals surface area contributed by atoms with Gasteiger partial charge in [-0.1, -0.05) is 133 Å². The minimum atomic E-state index is 0.985. The molecule has 3 nitrogen and oxygen atoms in total. The molecule has 0 atom stereocenters. The van der Waals surface area contributed by atoms with E-state index in [2.05, 4.69) is 220 Å². The Labute approximate surface area is 358 Å². The number of hydrogen-bond donors (Lipinski definition) is 0. The molecule has 3 heterocycles. The molecule has 0 aliphatic rings. The highest BCUT2D eigenvalue weighted by Gasteiger charge is 2.17. The van der Waals surface area contributed by atoms with E-state index in [0.29, 0.717) is 0 Å². The zero-order valence-electron chi connectivity index (χ0n) is 33.7. The van der Waals surface area contributed by atoms with E-state index in [4.69, 9.17) is 0 Å². The van der Waals surface area contributed by atoms with E-state index in [1.54, 1.807) is 0 Å². The van der Waals surface area contributed by atoms with Crippen LogP contribution in [0.1, 0.15) is 0 Å². The zero-order chi connectivity index (χ0) is 40.7. The number of hydrogen-bond acceptors (Lipinski definition) is 1. The number of rotatable bonds is 5. The van der Waals surface area contributed by atoms with E-state index in [9.17, 15) is 0 Å². The predicted octanol–water partition coefficient (Wildman–Crippen LogP) is 15.7. The predicted molar refractivity (Wildman–Crippen MR) is 262 cm³/mol. The molecule has 13 rings (SSSR count). The fraction of sp³-hybridized carbons (Fsp3) is 0. The Kier molecular flexibility index (Phi) is 7.60. The van der Waals surface area contributed by atoms with Gasteiger partial charge in [0.25, 0.3) is 0 Å². The maximum Gasteiger partial charge on any atom is 0.0702 e. The molecule has 0 saturated heterocycles. The summed E-state index contributed by atoms with van der Waals surface area (Å²) in [7, 11) is 0. The summed E-state index contributed by atoms with van der Waals surface area (Å²) in [5.41, 5.74) is 14.0. The first kappa shape index (κ1) is 34.6. The lowest BCUT2D eigenvalue weighted by atomic mass is 9.91. The van der Waals surface area contributed by atoms with Crippen LogP contribution < -0.4 is 0 Å². The van der Waals surface area contributed by atoms with Gasteiger partial charge in [0.2, 0.25) is 0 Å². The third-order valence-corrected chi connectivity index (χ3v) is 12.9. The number of nitrogens with zero attached hydrogens (tertiary/aromatic N) is 3. The van der Waals surface area contributed by atoms with Gasteiger partial charge in [0, 0.05) is 44.7 Å². The van der Waals surface area contributed by atoms with Crippen LogP contribution >= 0.6 is 0 Å². The van der Waals surface area contributed by atoms with Gasteiger partial charge in [0.15, 0.2) is 0 Å². The molecule has 0 fully saturated rings. The van der Waals surface area contributed by atoms with Crippen LogP contribution in [0.3, 0.4) is 0 Å². The van der Waals surface area contributed by atoms with Crippen molar-refractivity contribution in [2.75, 3.05) is 0 Å². The summed E-state index contributed by atoms with van der Waals surface area (Å²) in [6, 6.07) is 79.8. The quantitative estimate of drug-likeness (QED) is 0.159. The van der Waals surface area contributed by atoms with E-state index < -0.39 is 0 Å². The van der Waals surface area contributed by atoms with Gasteiger partial charge >= 0.3 is 0 Å². The molecule has 0 aliphatic carbocycles. The molecule has 3 aromatic heterocycles. The second kappa shape index (κ2) is 13.6. The smallest absolute Gasteiger partial charge is 0.0702 e. The SMILES string of the molecule is c1ccc(-n2c3ccccc3c3cc(-c4ccc5c(c4)c4ccccc4n5-c4cccc(-c5ccc6c7ccc(-c8ccccn8)cc7c7ccccc7c6c5)c4)ccc32)cc1. The van der Waals surface area contributed by atoms with Gasteiger partial charge in [-0.2, -0.15) is 0 Å². The molecule has 0 radical (unpaired) electrons. The number of benzene rings is 10. The Hall–Kier alpha value is -8.27. The van der Waals surface area contributed by atoms with Crippen molar-refractivity contribution in [3.8, 4) is 44.9 Å². The average molecular weight is 788 g/mol. The number of fused-ring (bicyclic) bond motifs is 12. The number of para-hydroxylation sites is 3. The molecule has 0 bridgehead atoms. The van der Waals surface area contributed by atoms with Crippen molar-refractivity contribution in [2.24, 2.45) is 0 Å². The van der Waals surface area contributed by atoms with Crippen LogP contribution in [0.4, 0.5) is 0 Å². The summed E-state index contributed by atoms with van der Waals surface area (Å²) in [5.74, 6) is 0. The molecule has 0 N–H and O–H groups in total. The monoisotopic (exact) mass is 787 g/mol. The van der Waals surface area contributed by atoms with Crippen molar-refractivity contribution in [1.82, 2.24) is 14.1 Å². The molecular weight excluding hydrogens is 751 g/mol. The summed E-state index contributed by atoms with van der Waals surface area (Å²) >= 11 is 0. The van der Waals surface area contributed by atoms with E-state index in [-0.39, 0.29) is 0 Å². The van der Waals surface area contributed by atoms with Crippen molar-refractivity contribution in [3.05, 3.63) is 225 Å². The molecule has 0 amide bonds. The van der Waals surface area contributed by atoms with Gasteiger partial charge < -0.3 is 9.13 Å². The average Bonchev–Trinajstić information content (AvgIpc) is 3.86. The summed E-state index contributed by atoms with van der Waals surface area (Å²) in [6.07, 6.45) is 1.86. The summed E-state index contributed by atoms with van der Waals surface area (Å²) in [6.45, 7) is 0. The summed E-state index contributed by atoms with van der Waals surface area (Å²) < 4.78 is 4.80. The lowest BCUT2D eigenvalue weighted by Crippen LogP contribution is -1.94. The highest BCUT2D eigenvalue weighted by atomic mass is 15.0. The Morgan fingerprint density at radius 1 is 0.242 bits per heavy atom. The van der Waals surface area contributed by atoms with Crippen LogP contribution in [0, 0.1) is 0 Å². The molecule has 0 aliphatic heterocycles. The van der Waals surface area contributed by atoms with Gasteiger partial charge in [-0.15, -0.1) is 0 Å². The maximum atomic E-state index is 4.64. The van der Waals surface area contributed by atoms with E-state index >= 15 is 0 Å². The Morgan fingerprint density at radius 3 is 1.29 bits per heavy atom. The van der Waals surface area contributed by atoms with E-state index in [0.717, 1.165) is 16.9 Å². The minimum Gasteiger partial charge on any atom is -0.309 e. The lowest BCUT2D eigenvalue weighted by molar-refractivity contribution is 1.18. The Bertz CT molecular complexity index is 3890. The minimum absolute atomic E-state index is 0.985. The van der Waals surface area contributed by atoms with Crippen LogP contribution in [0.15, 0.2) is 225 Å². The molecule has 288 valence electrons. The fourth-order valence-electron chi connectivity index (χ4n) is 10.1. The molecule has 13 aromatic rings. The normalized spacial score (nSPS) is 11.9. The standard InChI is InChI=1S/C59H37N3/c1-2-14-43(15-3-1)61-56-22-8-6-19-49(56)53-35-40(26-30-58(53)61)41-27-31-59-54(36-41)50-20-7-9-23-57(50)62(59)44-16-12-13-38(33-44)39-24-28-47-48-29-25-42(55-21-10-11-32-60-55)37-52(48)46-18-5-4-17-45(46)51(47)34-39/h1-37H. The molecular formula is C59H37N3. The second-order valence-corrected chi connectivity index (χ2v) is 16.3. The largest absolute Gasteiger partial charge is 0.309 e. The number of pyridine rings is 1. The van der Waals surface area contributed by atoms with Crippen LogP contribution in [0.2, 0.25) is 0 Å². The van der Waals surface area contributed by atoms with Gasteiger partial charge in [-0.05, 0) is 140 Å². The van der Waals surface area contributed by atoms with Gasteiger partial charge in [-0.25, -0.2) is 0 Å². The van der Waals surface area contributed by atoms with Crippen molar-refractivity contribution in [3.63, 3.8) is 0 Å². The zero-order valence-corrected chi connectivity index (χ0v) is 33.7. The summed E-state index contributed by atoms with van der Waals surface area (Å²) in [4.78, 5) is 4.64. The Balaban J connectivity index is 0.929. The van der Waals surface area contributed by atoms with Gasteiger partial charge in [0.05, 0.1) is 27.8 Å². The topological polar surface area (TPSA) is 22.8 Å². The molecule has 0 spiro atoms. The summed E-state index contributed by atoms with van der Waals surface area (Å²) in [5, 5.41) is 12.5. The second-order valence-electron chi connectivity index (χ2n) is 16.3. The fourth-order valence-corrected chi connectivity index (χ4v) is 10.1. The lowest BCUT2D eigenvalue weighted by Gasteiger charge is -2.14. The molecule has 10 aromatic carbocycles. The third-order valence-electron chi connectivity index (χ3n) is 12.9. The van der Waals surface area contributed by atoms with Crippen molar-refractivity contribution < 1.29 is 0 Å². The van der Waals surface area contributed by atoms with Crippen LogP contribution in [0.25, 0.3) is 121 Å². The molecule has 62 heavy (non-hydrogen) atoms. The maximum absolute atomic E-state index is 4.64. The van der Waals surface area contributed by atoms with E-state index in [1.165, 1.54) is 104 Å². The van der Waals surface area contributed by atoms with Gasteiger partial charge in [0.1, 0.15) is 0 Å². The Morgan fingerprint density at radius 2 is 0.677 bits per heavy atom. The van der Waals surface area contributed by atoms with Crippen LogP contribution in [-0.2, 0) is 0 Å². The van der Waals surface area contributed by atoms with E-state index in [1.807, 2.05) is 18.3 Å². The van der Waals surface area contributed by atoms with Crippen molar-refractivity contribution >= 4 is 75.9 Å². The van der Waals surface area contributed by atoms with Crippen LogP contribution in [0.5, 0.6) is 0 Å². The van der Waals surface area contributed by atoms with Crippen molar-refractivity contribution in [1.29, 1.82) is 0 Å². The first-order valence-corrected chi connectivity index (χ1v) is 21.3.